The van der Waals surface area contributed by atoms with Crippen molar-refractivity contribution >= 4 is 10.1 Å². The van der Waals surface area contributed by atoms with E-state index >= 15 is 0 Å². The van der Waals surface area contributed by atoms with Crippen LogP contribution in [0.15, 0.2) is 0 Å². The van der Waals surface area contributed by atoms with Crippen molar-refractivity contribution in [3.05, 3.63) is 0 Å². The smallest absolute Gasteiger partial charge is 0.0945 e. The first-order valence-electron chi connectivity index (χ1n) is 7.44. The summed E-state index contributed by atoms with van der Waals surface area (Å²) in [6, 6.07) is 0. The zero-order chi connectivity index (χ0) is 15.5. The summed E-state index contributed by atoms with van der Waals surface area (Å²) < 4.78 is 31.4. The van der Waals surface area contributed by atoms with Crippen molar-refractivity contribution in [2.24, 2.45) is 5.92 Å². The second kappa shape index (κ2) is 10.6. The maximum absolute atomic E-state index is 10.1. The predicted molar refractivity (Wildman–Crippen MR) is 81.1 cm³/mol. The topological polar surface area (TPSA) is 57.2 Å². The standard InChI is InChI=1S/C8H20N.C6H14O3S/c1-5-9(6-2,7-3)8-4;1-6(2)4-3-5-10(7,8)9/h5-8H2,1-4H3;6H,3-5H2,1-2H3,(H,7,8,9)/q+1;/p-1. The van der Waals surface area contributed by atoms with Crippen LogP contribution in [0.4, 0.5) is 0 Å². The minimum atomic E-state index is -3.97. The molecule has 0 unspecified atom stereocenters. The van der Waals surface area contributed by atoms with Crippen molar-refractivity contribution in [2.45, 2.75) is 54.4 Å². The Bertz CT molecular complexity index is 278. The van der Waals surface area contributed by atoms with E-state index in [9.17, 15) is 13.0 Å². The van der Waals surface area contributed by atoms with Crippen molar-refractivity contribution in [2.75, 3.05) is 31.9 Å². The lowest BCUT2D eigenvalue weighted by atomic mass is 10.1. The van der Waals surface area contributed by atoms with E-state index in [1.807, 2.05) is 13.8 Å². The highest BCUT2D eigenvalue weighted by Crippen LogP contribution is 2.04. The van der Waals surface area contributed by atoms with Gasteiger partial charge >= 0.3 is 0 Å². The van der Waals surface area contributed by atoms with Gasteiger partial charge < -0.3 is 9.04 Å². The molecule has 0 bridgehead atoms. The Labute approximate surface area is 120 Å². The monoisotopic (exact) mass is 295 g/mol. The molecule has 0 rings (SSSR count). The molecule has 0 aromatic rings. The molecular formula is C14H33NO3S. The van der Waals surface area contributed by atoms with Crippen LogP contribution in [0.25, 0.3) is 0 Å². The Balaban J connectivity index is 0. The molecule has 0 radical (unpaired) electrons. The lowest BCUT2D eigenvalue weighted by Crippen LogP contribution is -2.47. The number of quaternary nitrogens is 1. The average Bonchev–Trinajstić information content (AvgIpc) is 2.31. The number of hydrogen-bond donors (Lipinski definition) is 0. The molecule has 4 nitrogen and oxygen atoms in total. The highest BCUT2D eigenvalue weighted by Gasteiger charge is 2.16. The molecule has 0 atom stereocenters. The van der Waals surface area contributed by atoms with Crippen molar-refractivity contribution < 1.29 is 17.5 Å². The average molecular weight is 295 g/mol. The Morgan fingerprint density at radius 1 is 0.947 bits per heavy atom. The molecule has 0 aliphatic rings. The quantitative estimate of drug-likeness (QED) is 0.511. The minimum Gasteiger partial charge on any atom is -0.748 e. The maximum Gasteiger partial charge on any atom is 0.0945 e. The normalized spacial score (nSPS) is 12.2. The highest BCUT2D eigenvalue weighted by atomic mass is 32.2. The van der Waals surface area contributed by atoms with E-state index in [1.54, 1.807) is 0 Å². The van der Waals surface area contributed by atoms with E-state index in [0.717, 1.165) is 6.42 Å². The third-order valence-electron chi connectivity index (χ3n) is 3.86. The summed E-state index contributed by atoms with van der Waals surface area (Å²) in [4.78, 5) is 0. The lowest BCUT2D eigenvalue weighted by molar-refractivity contribution is -0.921. The fourth-order valence-corrected chi connectivity index (χ4v) is 2.53. The van der Waals surface area contributed by atoms with E-state index in [4.69, 9.17) is 0 Å². The van der Waals surface area contributed by atoms with Crippen molar-refractivity contribution in [3.63, 3.8) is 0 Å². The van der Waals surface area contributed by atoms with Gasteiger partial charge in [0.1, 0.15) is 0 Å². The molecule has 118 valence electrons. The summed E-state index contributed by atoms with van der Waals surface area (Å²) in [6.45, 7) is 18.2. The van der Waals surface area contributed by atoms with Gasteiger partial charge in [-0.15, -0.1) is 0 Å². The first-order chi connectivity index (χ1) is 8.66. The van der Waals surface area contributed by atoms with E-state index in [2.05, 4.69) is 27.7 Å². The van der Waals surface area contributed by atoms with Gasteiger partial charge in [0.05, 0.1) is 36.3 Å². The second-order valence-corrected chi connectivity index (χ2v) is 6.93. The minimum absolute atomic E-state index is 0.217. The molecule has 0 aliphatic carbocycles. The van der Waals surface area contributed by atoms with Gasteiger partial charge in [0.25, 0.3) is 0 Å². The van der Waals surface area contributed by atoms with Gasteiger partial charge in [0, 0.05) is 5.75 Å². The van der Waals surface area contributed by atoms with Crippen LogP contribution < -0.4 is 0 Å². The van der Waals surface area contributed by atoms with E-state index < -0.39 is 10.1 Å². The summed E-state index contributed by atoms with van der Waals surface area (Å²) in [7, 11) is -3.97. The Morgan fingerprint density at radius 2 is 1.32 bits per heavy atom. The Kier molecular flexibility index (Phi) is 11.8. The van der Waals surface area contributed by atoms with E-state index in [-0.39, 0.29) is 5.75 Å². The van der Waals surface area contributed by atoms with Gasteiger partial charge in [-0.2, -0.15) is 0 Å². The van der Waals surface area contributed by atoms with Crippen LogP contribution in [-0.4, -0.2) is 49.4 Å². The molecule has 0 heterocycles. The molecule has 19 heavy (non-hydrogen) atoms. The van der Waals surface area contributed by atoms with Crippen LogP contribution in [0.1, 0.15) is 54.4 Å². The first kappa shape index (κ1) is 21.2. The molecule has 0 amide bonds. The van der Waals surface area contributed by atoms with Crippen LogP contribution in [0.3, 0.4) is 0 Å². The third-order valence-corrected chi connectivity index (χ3v) is 4.65. The van der Waals surface area contributed by atoms with Crippen molar-refractivity contribution in [1.82, 2.24) is 0 Å². The summed E-state index contributed by atoms with van der Waals surface area (Å²) in [5.41, 5.74) is 0. The van der Waals surface area contributed by atoms with Crippen molar-refractivity contribution in [3.8, 4) is 0 Å². The van der Waals surface area contributed by atoms with Crippen LogP contribution in [0.5, 0.6) is 0 Å². The largest absolute Gasteiger partial charge is 0.748 e. The molecule has 0 saturated heterocycles. The first-order valence-corrected chi connectivity index (χ1v) is 9.02. The van der Waals surface area contributed by atoms with Gasteiger partial charge in [-0.3, -0.25) is 0 Å². The molecule has 0 N–H and O–H groups in total. The summed E-state index contributed by atoms with van der Waals surface area (Å²) >= 11 is 0. The van der Waals surface area contributed by atoms with Crippen LogP contribution in [0.2, 0.25) is 0 Å². The third kappa shape index (κ3) is 12.6. The molecule has 0 aromatic heterocycles. The van der Waals surface area contributed by atoms with E-state index in [0.29, 0.717) is 12.3 Å². The van der Waals surface area contributed by atoms with Gasteiger partial charge in [0.2, 0.25) is 0 Å². The Morgan fingerprint density at radius 3 is 1.47 bits per heavy atom. The fourth-order valence-electron chi connectivity index (χ4n) is 2.01. The Hall–Kier alpha value is -0.130. The second-order valence-electron chi connectivity index (χ2n) is 5.40. The molecule has 5 heteroatoms. The van der Waals surface area contributed by atoms with Gasteiger partial charge in [-0.05, 0) is 40.0 Å². The fraction of sp³-hybridized carbons (Fsp3) is 1.00. The van der Waals surface area contributed by atoms with Gasteiger partial charge in [-0.25, -0.2) is 8.42 Å². The molecule has 0 spiro atoms. The molecule has 0 saturated carbocycles. The SMILES string of the molecule is CC(C)CCCS(=O)(=O)[O-].CC[N+](CC)(CC)CC. The van der Waals surface area contributed by atoms with Crippen LogP contribution >= 0.6 is 0 Å². The molecule has 0 fully saturated rings. The van der Waals surface area contributed by atoms with Gasteiger partial charge in [-0.1, -0.05) is 20.3 Å². The van der Waals surface area contributed by atoms with Gasteiger partial charge in [0.15, 0.2) is 0 Å². The summed E-state index contributed by atoms with van der Waals surface area (Å²) in [6.07, 6.45) is 1.30. The van der Waals surface area contributed by atoms with Crippen LogP contribution in [-0.2, 0) is 10.1 Å². The lowest BCUT2D eigenvalue weighted by Gasteiger charge is -2.34. The number of hydrogen-bond acceptors (Lipinski definition) is 3. The number of nitrogens with zero attached hydrogens (tertiary/aromatic N) is 1. The predicted octanol–water partition coefficient (Wildman–Crippen LogP) is 2.85. The molecule has 0 aliphatic heterocycles. The van der Waals surface area contributed by atoms with E-state index in [1.165, 1.54) is 30.7 Å². The molecule has 0 aromatic carbocycles. The van der Waals surface area contributed by atoms with Crippen molar-refractivity contribution in [1.29, 1.82) is 0 Å². The summed E-state index contributed by atoms with van der Waals surface area (Å²) in [5.74, 6) is 0.257. The van der Waals surface area contributed by atoms with Crippen LogP contribution in [0, 0.1) is 5.92 Å². The maximum atomic E-state index is 10.1. The zero-order valence-electron chi connectivity index (χ0n) is 13.6. The highest BCUT2D eigenvalue weighted by molar-refractivity contribution is 7.85. The number of rotatable bonds is 8. The zero-order valence-corrected chi connectivity index (χ0v) is 14.4. The summed E-state index contributed by atoms with van der Waals surface area (Å²) in [5, 5.41) is 0. The molecular weight excluding hydrogens is 262 g/mol.